The monoisotopic (exact) mass is 280 g/mol. The van der Waals surface area contributed by atoms with E-state index < -0.39 is 5.82 Å². The Balaban J connectivity index is 2.49. The molecule has 1 nitrogen and oxygen atoms in total. The molecule has 98 valence electrons. The van der Waals surface area contributed by atoms with Gasteiger partial charge in [0.2, 0.25) is 0 Å². The summed E-state index contributed by atoms with van der Waals surface area (Å²) in [6.07, 6.45) is 0. The lowest BCUT2D eigenvalue weighted by Gasteiger charge is -2.07. The third-order valence-electron chi connectivity index (χ3n) is 2.91. The molecule has 0 unspecified atom stereocenters. The van der Waals surface area contributed by atoms with Gasteiger partial charge in [-0.15, -0.1) is 0 Å². The Kier molecular flexibility index (Phi) is 3.67. The van der Waals surface area contributed by atoms with Crippen molar-refractivity contribution in [2.45, 2.75) is 13.8 Å². The number of benzene rings is 2. The highest BCUT2D eigenvalue weighted by atomic mass is 35.5. The van der Waals surface area contributed by atoms with E-state index in [-0.39, 0.29) is 22.2 Å². The van der Waals surface area contributed by atoms with Crippen LogP contribution in [0.15, 0.2) is 30.3 Å². The SMILES string of the molecule is Cc1cc(C(=O)c2cc(C)c(F)cc2Cl)ccc1F. The van der Waals surface area contributed by atoms with Crippen molar-refractivity contribution < 1.29 is 13.6 Å². The summed E-state index contributed by atoms with van der Waals surface area (Å²) in [4.78, 5) is 12.3. The van der Waals surface area contributed by atoms with Crippen molar-refractivity contribution in [1.82, 2.24) is 0 Å². The van der Waals surface area contributed by atoms with Crippen molar-refractivity contribution in [2.75, 3.05) is 0 Å². The fourth-order valence-corrected chi connectivity index (χ4v) is 2.01. The highest BCUT2D eigenvalue weighted by molar-refractivity contribution is 6.35. The van der Waals surface area contributed by atoms with E-state index in [1.165, 1.54) is 24.3 Å². The van der Waals surface area contributed by atoms with Crippen LogP contribution < -0.4 is 0 Å². The maximum absolute atomic E-state index is 13.3. The van der Waals surface area contributed by atoms with Gasteiger partial charge in [-0.2, -0.15) is 0 Å². The zero-order valence-corrected chi connectivity index (χ0v) is 11.2. The van der Waals surface area contributed by atoms with Crippen molar-refractivity contribution in [3.63, 3.8) is 0 Å². The van der Waals surface area contributed by atoms with E-state index >= 15 is 0 Å². The Morgan fingerprint density at radius 3 is 2.26 bits per heavy atom. The zero-order chi connectivity index (χ0) is 14.2. The van der Waals surface area contributed by atoms with Crippen LogP contribution in [-0.2, 0) is 0 Å². The fourth-order valence-electron chi connectivity index (χ4n) is 1.77. The smallest absolute Gasteiger partial charge is 0.194 e. The van der Waals surface area contributed by atoms with Gasteiger partial charge in [0.1, 0.15) is 11.6 Å². The van der Waals surface area contributed by atoms with E-state index in [4.69, 9.17) is 11.6 Å². The molecule has 0 amide bonds. The molecule has 0 heterocycles. The molecule has 0 aliphatic carbocycles. The second-order valence-electron chi connectivity index (χ2n) is 4.37. The number of aryl methyl sites for hydroxylation is 2. The molecule has 0 spiro atoms. The molecular weight excluding hydrogens is 270 g/mol. The Morgan fingerprint density at radius 1 is 1.00 bits per heavy atom. The summed E-state index contributed by atoms with van der Waals surface area (Å²) in [6.45, 7) is 3.13. The Bertz CT molecular complexity index is 665. The summed E-state index contributed by atoms with van der Waals surface area (Å²) in [5.74, 6) is -1.19. The lowest BCUT2D eigenvalue weighted by Crippen LogP contribution is -2.04. The molecule has 0 fully saturated rings. The van der Waals surface area contributed by atoms with E-state index in [2.05, 4.69) is 0 Å². The standard InChI is InChI=1S/C15H11ClF2O/c1-8-5-10(3-4-13(8)17)15(19)11-6-9(2)14(18)7-12(11)16/h3-7H,1-2H3. The molecule has 2 aromatic carbocycles. The van der Waals surface area contributed by atoms with E-state index in [9.17, 15) is 13.6 Å². The second kappa shape index (κ2) is 5.10. The molecule has 0 radical (unpaired) electrons. The lowest BCUT2D eigenvalue weighted by molar-refractivity contribution is 0.103. The minimum atomic E-state index is -0.461. The molecule has 0 saturated carbocycles. The molecule has 0 aromatic heterocycles. The summed E-state index contributed by atoms with van der Waals surface area (Å²) >= 11 is 5.88. The fraction of sp³-hybridized carbons (Fsp3) is 0.133. The number of hydrogen-bond acceptors (Lipinski definition) is 1. The molecule has 19 heavy (non-hydrogen) atoms. The summed E-state index contributed by atoms with van der Waals surface area (Å²) in [5.41, 5.74) is 1.26. The predicted molar refractivity (Wildman–Crippen MR) is 70.7 cm³/mol. The topological polar surface area (TPSA) is 17.1 Å². The van der Waals surface area contributed by atoms with Crippen molar-refractivity contribution >= 4 is 17.4 Å². The number of ketones is 1. The molecule has 4 heteroatoms. The number of hydrogen-bond donors (Lipinski definition) is 0. The normalized spacial score (nSPS) is 10.6. The Labute approximate surface area is 114 Å². The third-order valence-corrected chi connectivity index (χ3v) is 3.23. The van der Waals surface area contributed by atoms with E-state index in [1.807, 2.05) is 0 Å². The maximum atomic E-state index is 13.3. The molecule has 2 rings (SSSR count). The molecule has 0 aliphatic rings. The van der Waals surface area contributed by atoms with E-state index in [0.717, 1.165) is 6.07 Å². The van der Waals surface area contributed by atoms with Gasteiger partial charge < -0.3 is 0 Å². The third kappa shape index (κ3) is 2.66. The highest BCUT2D eigenvalue weighted by Gasteiger charge is 2.16. The lowest BCUT2D eigenvalue weighted by atomic mass is 10.00. The van der Waals surface area contributed by atoms with Crippen LogP contribution in [0.1, 0.15) is 27.0 Å². The number of carbonyl (C=O) groups is 1. The minimum Gasteiger partial charge on any atom is -0.289 e. The number of halogens is 3. The number of rotatable bonds is 2. The van der Waals surface area contributed by atoms with Crippen LogP contribution in [0.4, 0.5) is 8.78 Å². The van der Waals surface area contributed by atoms with Gasteiger partial charge in [-0.1, -0.05) is 11.6 Å². The Hall–Kier alpha value is -1.74. The first kappa shape index (κ1) is 13.7. The van der Waals surface area contributed by atoms with Crippen molar-refractivity contribution in [2.24, 2.45) is 0 Å². The van der Waals surface area contributed by atoms with Crippen LogP contribution >= 0.6 is 11.6 Å². The van der Waals surface area contributed by atoms with Crippen LogP contribution in [0.25, 0.3) is 0 Å². The van der Waals surface area contributed by atoms with Crippen LogP contribution in [0.2, 0.25) is 5.02 Å². The summed E-state index contributed by atoms with van der Waals surface area (Å²) < 4.78 is 26.5. The maximum Gasteiger partial charge on any atom is 0.194 e. The first-order valence-electron chi connectivity index (χ1n) is 5.66. The zero-order valence-electron chi connectivity index (χ0n) is 10.4. The van der Waals surface area contributed by atoms with Gasteiger partial charge in [-0.25, -0.2) is 8.78 Å². The predicted octanol–water partition coefficient (Wildman–Crippen LogP) is 4.47. The van der Waals surface area contributed by atoms with Gasteiger partial charge in [0.05, 0.1) is 5.02 Å². The molecule has 0 atom stereocenters. The van der Waals surface area contributed by atoms with Gasteiger partial charge in [-0.3, -0.25) is 4.79 Å². The first-order valence-corrected chi connectivity index (χ1v) is 6.04. The first-order chi connectivity index (χ1) is 8.90. The van der Waals surface area contributed by atoms with Crippen molar-refractivity contribution in [3.8, 4) is 0 Å². The molecular formula is C15H11ClF2O. The summed E-state index contributed by atoms with van der Waals surface area (Å²) in [5, 5.41) is 0.0510. The quantitative estimate of drug-likeness (QED) is 0.742. The molecule has 0 aliphatic heterocycles. The molecule has 0 N–H and O–H groups in total. The van der Waals surface area contributed by atoms with Crippen LogP contribution in [0.3, 0.4) is 0 Å². The van der Waals surface area contributed by atoms with Crippen molar-refractivity contribution in [1.29, 1.82) is 0 Å². The average molecular weight is 281 g/mol. The van der Waals surface area contributed by atoms with Crippen LogP contribution in [0.5, 0.6) is 0 Å². The van der Waals surface area contributed by atoms with Gasteiger partial charge in [0.15, 0.2) is 5.78 Å². The largest absolute Gasteiger partial charge is 0.289 e. The Morgan fingerprint density at radius 2 is 1.63 bits per heavy atom. The van der Waals surface area contributed by atoms with E-state index in [0.29, 0.717) is 16.7 Å². The van der Waals surface area contributed by atoms with Gasteiger partial charge in [0.25, 0.3) is 0 Å². The number of carbonyl (C=O) groups excluding carboxylic acids is 1. The van der Waals surface area contributed by atoms with Gasteiger partial charge in [0, 0.05) is 11.1 Å². The summed E-state index contributed by atoms with van der Waals surface area (Å²) in [6, 6.07) is 6.58. The minimum absolute atomic E-state index is 0.0510. The van der Waals surface area contributed by atoms with Gasteiger partial charge in [-0.05, 0) is 55.3 Å². The highest BCUT2D eigenvalue weighted by Crippen LogP contribution is 2.24. The van der Waals surface area contributed by atoms with Gasteiger partial charge >= 0.3 is 0 Å². The second-order valence-corrected chi connectivity index (χ2v) is 4.78. The molecule has 0 bridgehead atoms. The van der Waals surface area contributed by atoms with E-state index in [1.54, 1.807) is 13.8 Å². The van der Waals surface area contributed by atoms with Crippen LogP contribution in [0, 0.1) is 25.5 Å². The van der Waals surface area contributed by atoms with Crippen LogP contribution in [-0.4, -0.2) is 5.78 Å². The average Bonchev–Trinajstić information content (AvgIpc) is 2.36. The molecule has 0 saturated heterocycles. The molecule has 2 aromatic rings. The van der Waals surface area contributed by atoms with Crippen molar-refractivity contribution in [3.05, 3.63) is 69.2 Å². The summed E-state index contributed by atoms with van der Waals surface area (Å²) in [7, 11) is 0.